The predicted molar refractivity (Wildman–Crippen MR) is 86.5 cm³/mol. The molecule has 4 heteroatoms. The lowest BCUT2D eigenvalue weighted by Gasteiger charge is -2.07. The molecule has 0 aliphatic carbocycles. The van der Waals surface area contributed by atoms with Crippen LogP contribution in [-0.4, -0.2) is 14.6 Å². The Kier molecular flexibility index (Phi) is 2.82. The molecule has 0 aliphatic rings. The van der Waals surface area contributed by atoms with Crippen LogP contribution < -0.4 is 0 Å². The number of hydrogen-bond donors (Lipinski definition) is 0. The minimum absolute atomic E-state index is 0.923. The molecule has 0 saturated carbocycles. The number of rotatable bonds is 2. The van der Waals surface area contributed by atoms with Gasteiger partial charge in [-0.2, -0.15) is 5.10 Å². The van der Waals surface area contributed by atoms with Crippen LogP contribution in [0.1, 0.15) is 5.56 Å². The Balaban J connectivity index is 2.06. The van der Waals surface area contributed by atoms with Crippen LogP contribution in [0.2, 0.25) is 0 Å². The first-order valence-corrected chi connectivity index (χ1v) is 7.60. The lowest BCUT2D eigenvalue weighted by atomic mass is 10.0. The molecule has 4 rings (SSSR count). The third kappa shape index (κ3) is 1.96. The molecule has 0 saturated heterocycles. The highest BCUT2D eigenvalue weighted by Gasteiger charge is 2.18. The number of fused-ring (bicyclic) bond motifs is 1. The van der Waals surface area contributed by atoms with Crippen LogP contribution in [0.15, 0.2) is 60.9 Å². The number of benzene rings is 2. The summed E-state index contributed by atoms with van der Waals surface area (Å²) in [6.45, 7) is 2.14. The van der Waals surface area contributed by atoms with E-state index in [0.29, 0.717) is 0 Å². The van der Waals surface area contributed by atoms with Gasteiger partial charge in [0.15, 0.2) is 0 Å². The van der Waals surface area contributed by atoms with Gasteiger partial charge in [0.05, 0.1) is 10.6 Å². The molecule has 102 valence electrons. The molecule has 2 heterocycles. The van der Waals surface area contributed by atoms with Gasteiger partial charge in [-0.15, -0.1) is 0 Å². The third-order valence-corrected chi connectivity index (χ3v) is 4.65. The van der Waals surface area contributed by atoms with Gasteiger partial charge >= 0.3 is 0 Å². The Morgan fingerprint density at radius 1 is 0.952 bits per heavy atom. The minimum Gasteiger partial charge on any atom is -0.206 e. The third-order valence-electron chi connectivity index (χ3n) is 3.57. The van der Waals surface area contributed by atoms with E-state index >= 15 is 0 Å². The monoisotopic (exact) mass is 291 g/mol. The van der Waals surface area contributed by atoms with Crippen molar-refractivity contribution in [2.45, 2.75) is 6.92 Å². The van der Waals surface area contributed by atoms with Gasteiger partial charge in [-0.25, -0.2) is 9.50 Å². The van der Waals surface area contributed by atoms with Crippen molar-refractivity contribution in [3.05, 3.63) is 66.5 Å². The Labute approximate surface area is 126 Å². The summed E-state index contributed by atoms with van der Waals surface area (Å²) in [5, 5.41) is 4.39. The molecule has 0 unspecified atom stereocenters. The van der Waals surface area contributed by atoms with E-state index in [4.69, 9.17) is 0 Å². The molecular weight excluding hydrogens is 278 g/mol. The molecule has 0 fully saturated rings. The van der Waals surface area contributed by atoms with E-state index in [1.165, 1.54) is 16.0 Å². The SMILES string of the molecule is Cc1ccccc1-c1sc2ncnn2c1-c1ccccc1. The smallest absolute Gasteiger partial charge is 0.206 e. The highest BCUT2D eigenvalue weighted by molar-refractivity contribution is 7.20. The molecule has 0 radical (unpaired) electrons. The van der Waals surface area contributed by atoms with Gasteiger partial charge in [0.2, 0.25) is 4.96 Å². The number of aryl methyl sites for hydroxylation is 1. The van der Waals surface area contributed by atoms with E-state index in [2.05, 4.69) is 65.5 Å². The van der Waals surface area contributed by atoms with Gasteiger partial charge < -0.3 is 0 Å². The van der Waals surface area contributed by atoms with E-state index in [0.717, 1.165) is 16.2 Å². The van der Waals surface area contributed by atoms with Crippen LogP contribution >= 0.6 is 11.3 Å². The average molecular weight is 291 g/mol. The lowest BCUT2D eigenvalue weighted by molar-refractivity contribution is 0.985. The number of aromatic nitrogens is 3. The first kappa shape index (κ1) is 12.3. The maximum atomic E-state index is 4.39. The molecule has 3 nitrogen and oxygen atoms in total. The number of nitrogens with zero attached hydrogens (tertiary/aromatic N) is 3. The molecule has 0 aliphatic heterocycles. The van der Waals surface area contributed by atoms with E-state index in [1.807, 2.05) is 10.6 Å². The molecule has 21 heavy (non-hydrogen) atoms. The number of thiazole rings is 1. The second kappa shape index (κ2) is 4.82. The van der Waals surface area contributed by atoms with Crippen molar-refractivity contribution in [2.75, 3.05) is 0 Å². The molecule has 0 atom stereocenters. The van der Waals surface area contributed by atoms with Crippen LogP contribution in [0.3, 0.4) is 0 Å². The highest BCUT2D eigenvalue weighted by Crippen LogP contribution is 2.39. The zero-order valence-electron chi connectivity index (χ0n) is 11.5. The van der Waals surface area contributed by atoms with Crippen molar-refractivity contribution in [3.63, 3.8) is 0 Å². The summed E-state index contributed by atoms with van der Waals surface area (Å²) in [6.07, 6.45) is 1.61. The largest absolute Gasteiger partial charge is 0.213 e. The molecule has 2 aromatic carbocycles. The minimum atomic E-state index is 0.923. The van der Waals surface area contributed by atoms with Crippen molar-refractivity contribution in [1.82, 2.24) is 14.6 Å². The van der Waals surface area contributed by atoms with Crippen molar-refractivity contribution < 1.29 is 0 Å². The Bertz CT molecular complexity index is 906. The van der Waals surface area contributed by atoms with E-state index in [9.17, 15) is 0 Å². The fourth-order valence-electron chi connectivity index (χ4n) is 2.55. The summed E-state index contributed by atoms with van der Waals surface area (Å²) < 4.78 is 1.93. The summed E-state index contributed by atoms with van der Waals surface area (Å²) in [7, 11) is 0. The van der Waals surface area contributed by atoms with Crippen LogP contribution in [-0.2, 0) is 0 Å². The molecule has 0 N–H and O–H groups in total. The maximum Gasteiger partial charge on any atom is 0.213 e. The van der Waals surface area contributed by atoms with E-state index in [-0.39, 0.29) is 0 Å². The second-order valence-corrected chi connectivity index (χ2v) is 5.89. The van der Waals surface area contributed by atoms with Gasteiger partial charge in [-0.3, -0.25) is 0 Å². The average Bonchev–Trinajstić information content (AvgIpc) is 3.09. The van der Waals surface area contributed by atoms with Gasteiger partial charge in [0.25, 0.3) is 0 Å². The van der Waals surface area contributed by atoms with Crippen LogP contribution in [0.25, 0.3) is 26.7 Å². The maximum absolute atomic E-state index is 4.39. The van der Waals surface area contributed by atoms with Crippen LogP contribution in [0.4, 0.5) is 0 Å². The van der Waals surface area contributed by atoms with Gasteiger partial charge in [0, 0.05) is 5.56 Å². The first-order chi connectivity index (χ1) is 10.3. The second-order valence-electron chi connectivity index (χ2n) is 4.92. The van der Waals surface area contributed by atoms with Crippen molar-refractivity contribution in [3.8, 4) is 21.7 Å². The number of hydrogen-bond acceptors (Lipinski definition) is 3. The zero-order chi connectivity index (χ0) is 14.2. The Morgan fingerprint density at radius 3 is 2.52 bits per heavy atom. The van der Waals surface area contributed by atoms with Crippen LogP contribution in [0.5, 0.6) is 0 Å². The standard InChI is InChI=1S/C17H13N3S/c1-12-7-5-6-10-14(12)16-15(13-8-3-2-4-9-13)20-17(21-16)18-11-19-20/h2-11H,1H3. The summed E-state index contributed by atoms with van der Waals surface area (Å²) >= 11 is 1.68. The Hall–Kier alpha value is -2.46. The van der Waals surface area contributed by atoms with Crippen molar-refractivity contribution in [2.24, 2.45) is 0 Å². The fourth-order valence-corrected chi connectivity index (χ4v) is 3.70. The molecule has 0 bridgehead atoms. The molecular formula is C17H13N3S. The topological polar surface area (TPSA) is 30.2 Å². The lowest BCUT2D eigenvalue weighted by Crippen LogP contribution is -1.90. The summed E-state index contributed by atoms with van der Waals surface area (Å²) in [5.74, 6) is 0. The Morgan fingerprint density at radius 2 is 1.71 bits per heavy atom. The van der Waals surface area contributed by atoms with Crippen molar-refractivity contribution in [1.29, 1.82) is 0 Å². The summed E-state index contributed by atoms with van der Waals surface area (Å²) in [6, 6.07) is 18.8. The van der Waals surface area contributed by atoms with E-state index < -0.39 is 0 Å². The van der Waals surface area contributed by atoms with Crippen molar-refractivity contribution >= 4 is 16.3 Å². The quantitative estimate of drug-likeness (QED) is 0.547. The summed E-state index contributed by atoms with van der Waals surface area (Å²) in [5.41, 5.74) is 4.78. The predicted octanol–water partition coefficient (Wildman–Crippen LogP) is 4.43. The van der Waals surface area contributed by atoms with Gasteiger partial charge in [-0.1, -0.05) is 65.9 Å². The molecule has 0 amide bonds. The highest BCUT2D eigenvalue weighted by atomic mass is 32.1. The van der Waals surface area contributed by atoms with Gasteiger partial charge in [0.1, 0.15) is 6.33 Å². The molecule has 2 aromatic heterocycles. The normalized spacial score (nSPS) is 11.1. The molecule has 0 spiro atoms. The van der Waals surface area contributed by atoms with Gasteiger partial charge in [-0.05, 0) is 18.1 Å². The fraction of sp³-hybridized carbons (Fsp3) is 0.0588. The van der Waals surface area contributed by atoms with Crippen LogP contribution in [0, 0.1) is 6.92 Å². The van der Waals surface area contributed by atoms with E-state index in [1.54, 1.807) is 17.7 Å². The molecule has 4 aromatic rings. The first-order valence-electron chi connectivity index (χ1n) is 6.78. The zero-order valence-corrected chi connectivity index (χ0v) is 12.3. The summed E-state index contributed by atoms with van der Waals surface area (Å²) in [4.78, 5) is 6.49.